The van der Waals surface area contributed by atoms with Crippen molar-refractivity contribution >= 4 is 27.6 Å². The van der Waals surface area contributed by atoms with Gasteiger partial charge in [0.15, 0.2) is 5.69 Å². The Balaban J connectivity index is 1.52. The Bertz CT molecular complexity index is 1680. The Labute approximate surface area is 228 Å². The van der Waals surface area contributed by atoms with Crippen molar-refractivity contribution in [2.75, 3.05) is 13.2 Å². The van der Waals surface area contributed by atoms with Crippen LogP contribution in [0.4, 0.5) is 13.2 Å². The van der Waals surface area contributed by atoms with Crippen molar-refractivity contribution in [3.8, 4) is 16.9 Å². The number of ether oxygens (including phenoxy) is 2. The Morgan fingerprint density at radius 2 is 1.77 bits per heavy atom. The van der Waals surface area contributed by atoms with E-state index in [1.54, 1.807) is 19.1 Å². The maximum atomic E-state index is 14.0. The second-order valence-corrected chi connectivity index (χ2v) is 9.31. The van der Waals surface area contributed by atoms with Gasteiger partial charge in [0, 0.05) is 28.9 Å². The largest absolute Gasteiger partial charge is 0.493 e. The molecule has 5 rings (SSSR count). The Kier molecular flexibility index (Phi) is 7.53. The number of para-hydroxylation sites is 1. The van der Waals surface area contributed by atoms with E-state index in [2.05, 4.69) is 10.1 Å². The number of hydrogen-bond acceptors (Lipinski definition) is 5. The first-order valence-electron chi connectivity index (χ1n) is 12.9. The van der Waals surface area contributed by atoms with Gasteiger partial charge in [0.1, 0.15) is 11.4 Å². The van der Waals surface area contributed by atoms with Crippen molar-refractivity contribution in [3.05, 3.63) is 83.3 Å². The number of nitrogens with one attached hydrogen (secondary N) is 1. The van der Waals surface area contributed by atoms with Crippen molar-refractivity contribution in [1.82, 2.24) is 14.8 Å². The molecule has 5 aromatic rings. The molecule has 0 fully saturated rings. The van der Waals surface area contributed by atoms with E-state index in [0.717, 1.165) is 21.2 Å². The zero-order valence-corrected chi connectivity index (χ0v) is 22.0. The first kappa shape index (κ1) is 27.3. The highest BCUT2D eigenvalue weighted by atomic mass is 19.4. The van der Waals surface area contributed by atoms with Gasteiger partial charge in [-0.3, -0.25) is 4.68 Å². The lowest BCUT2D eigenvalue weighted by Crippen LogP contribution is -2.09. The van der Waals surface area contributed by atoms with E-state index in [9.17, 15) is 23.1 Å². The van der Waals surface area contributed by atoms with Crippen molar-refractivity contribution in [3.63, 3.8) is 0 Å². The number of carbonyl (C=O) groups is 1. The summed E-state index contributed by atoms with van der Waals surface area (Å²) in [6.45, 7) is 1.54. The SMILES string of the molecule is CCOC(=O)c1[nH]c2c(-c3c(C(F)(F)F)nn(C)c3CO)cccc2c1CCCOc1cccc2ccccc12. The van der Waals surface area contributed by atoms with E-state index >= 15 is 0 Å². The molecular weight excluding hydrogens is 523 g/mol. The molecule has 0 aliphatic carbocycles. The predicted molar refractivity (Wildman–Crippen MR) is 145 cm³/mol. The molecule has 0 radical (unpaired) electrons. The predicted octanol–water partition coefficient (Wildman–Crippen LogP) is 6.42. The molecular formula is C30H28F3N3O4. The maximum absolute atomic E-state index is 14.0. The van der Waals surface area contributed by atoms with Gasteiger partial charge in [-0.2, -0.15) is 18.3 Å². The molecule has 40 heavy (non-hydrogen) atoms. The van der Waals surface area contributed by atoms with Gasteiger partial charge in [-0.15, -0.1) is 0 Å². The molecule has 2 heterocycles. The molecule has 0 spiro atoms. The summed E-state index contributed by atoms with van der Waals surface area (Å²) in [7, 11) is 1.35. The van der Waals surface area contributed by atoms with Gasteiger partial charge < -0.3 is 19.6 Å². The zero-order chi connectivity index (χ0) is 28.4. The number of halogens is 3. The summed E-state index contributed by atoms with van der Waals surface area (Å²) in [5, 5.41) is 16.2. The van der Waals surface area contributed by atoms with Gasteiger partial charge in [0.2, 0.25) is 0 Å². The van der Waals surface area contributed by atoms with Gasteiger partial charge in [-0.1, -0.05) is 54.6 Å². The third kappa shape index (κ3) is 5.02. The number of aryl methyl sites for hydroxylation is 2. The van der Waals surface area contributed by atoms with E-state index in [1.165, 1.54) is 13.1 Å². The molecule has 0 saturated heterocycles. The number of hydrogen-bond donors (Lipinski definition) is 2. The minimum absolute atomic E-state index is 0.0112. The molecule has 0 unspecified atom stereocenters. The van der Waals surface area contributed by atoms with Crippen LogP contribution in [0, 0.1) is 0 Å². The number of carbonyl (C=O) groups excluding carboxylic acids is 1. The molecule has 2 aromatic heterocycles. The minimum Gasteiger partial charge on any atom is -0.493 e. The number of benzene rings is 3. The van der Waals surface area contributed by atoms with Gasteiger partial charge >= 0.3 is 12.1 Å². The lowest BCUT2D eigenvalue weighted by atomic mass is 9.98. The smallest absolute Gasteiger partial charge is 0.435 e. The number of H-pyrrole nitrogens is 1. The van der Waals surface area contributed by atoms with Gasteiger partial charge in [-0.05, 0) is 36.8 Å². The summed E-state index contributed by atoms with van der Waals surface area (Å²) in [6.07, 6.45) is -3.80. The summed E-state index contributed by atoms with van der Waals surface area (Å²) >= 11 is 0. The van der Waals surface area contributed by atoms with E-state index in [-0.39, 0.29) is 29.1 Å². The van der Waals surface area contributed by atoms with Crippen molar-refractivity contribution in [1.29, 1.82) is 0 Å². The third-order valence-corrected chi connectivity index (χ3v) is 6.85. The van der Waals surface area contributed by atoms with E-state index in [1.807, 2.05) is 42.5 Å². The summed E-state index contributed by atoms with van der Waals surface area (Å²) in [5.41, 5.74) is -0.00148. The maximum Gasteiger partial charge on any atom is 0.435 e. The number of nitrogens with zero attached hydrogens (tertiary/aromatic N) is 2. The van der Waals surface area contributed by atoms with E-state index < -0.39 is 24.4 Å². The van der Waals surface area contributed by atoms with Crippen LogP contribution in [-0.2, 0) is 31.0 Å². The van der Waals surface area contributed by atoms with Crippen LogP contribution in [0.5, 0.6) is 5.75 Å². The number of alkyl halides is 3. The minimum atomic E-state index is -4.75. The summed E-state index contributed by atoms with van der Waals surface area (Å²) in [5.74, 6) is 0.150. The Morgan fingerprint density at radius 1 is 1.05 bits per heavy atom. The highest BCUT2D eigenvalue weighted by Crippen LogP contribution is 2.42. The molecule has 7 nitrogen and oxygen atoms in total. The topological polar surface area (TPSA) is 89.4 Å². The molecule has 208 valence electrons. The summed E-state index contributed by atoms with van der Waals surface area (Å²) in [6, 6.07) is 18.6. The Hall–Kier alpha value is -4.31. The molecule has 0 saturated carbocycles. The highest BCUT2D eigenvalue weighted by molar-refractivity contribution is 6.04. The number of aromatic amines is 1. The molecule has 0 bridgehead atoms. The van der Waals surface area contributed by atoms with Gasteiger partial charge in [-0.25, -0.2) is 4.79 Å². The van der Waals surface area contributed by atoms with Crippen LogP contribution < -0.4 is 4.74 Å². The highest BCUT2D eigenvalue weighted by Gasteiger charge is 2.40. The number of aliphatic hydroxyl groups is 1. The van der Waals surface area contributed by atoms with E-state index in [4.69, 9.17) is 9.47 Å². The molecule has 0 aliphatic heterocycles. The number of rotatable bonds is 9. The van der Waals surface area contributed by atoms with Crippen LogP contribution in [0.15, 0.2) is 60.7 Å². The van der Waals surface area contributed by atoms with Crippen molar-refractivity contribution < 1.29 is 32.5 Å². The molecule has 0 aliphatic rings. The number of aliphatic hydroxyl groups excluding tert-OH is 1. The van der Waals surface area contributed by atoms with Crippen LogP contribution in [0.1, 0.15) is 40.8 Å². The van der Waals surface area contributed by atoms with Gasteiger partial charge in [0.05, 0.1) is 31.0 Å². The fourth-order valence-electron chi connectivity index (χ4n) is 5.09. The second-order valence-electron chi connectivity index (χ2n) is 9.31. The fraction of sp³-hybridized carbons (Fsp3) is 0.267. The van der Waals surface area contributed by atoms with E-state index in [0.29, 0.717) is 35.9 Å². The number of esters is 1. The van der Waals surface area contributed by atoms with Crippen LogP contribution in [-0.4, -0.2) is 39.1 Å². The molecule has 10 heteroatoms. The molecule has 0 amide bonds. The lowest BCUT2D eigenvalue weighted by molar-refractivity contribution is -0.140. The van der Waals surface area contributed by atoms with Crippen LogP contribution in [0.2, 0.25) is 0 Å². The van der Waals surface area contributed by atoms with Crippen LogP contribution in [0.25, 0.3) is 32.8 Å². The van der Waals surface area contributed by atoms with Crippen molar-refractivity contribution in [2.45, 2.75) is 32.5 Å². The monoisotopic (exact) mass is 551 g/mol. The number of fused-ring (bicyclic) bond motifs is 2. The van der Waals surface area contributed by atoms with Crippen LogP contribution in [0.3, 0.4) is 0 Å². The average molecular weight is 552 g/mol. The number of aromatic nitrogens is 3. The summed E-state index contributed by atoms with van der Waals surface area (Å²) in [4.78, 5) is 16.0. The van der Waals surface area contributed by atoms with Crippen molar-refractivity contribution in [2.24, 2.45) is 7.05 Å². The molecule has 0 atom stereocenters. The quantitative estimate of drug-likeness (QED) is 0.163. The normalized spacial score (nSPS) is 11.8. The second kappa shape index (κ2) is 11.1. The molecule has 2 N–H and O–H groups in total. The third-order valence-electron chi connectivity index (χ3n) is 6.85. The Morgan fingerprint density at radius 3 is 2.52 bits per heavy atom. The lowest BCUT2D eigenvalue weighted by Gasteiger charge is -2.10. The molecule has 3 aromatic carbocycles. The average Bonchev–Trinajstić information content (AvgIpc) is 3.48. The summed E-state index contributed by atoms with van der Waals surface area (Å²) < 4.78 is 54.2. The first-order chi connectivity index (χ1) is 19.2. The zero-order valence-electron chi connectivity index (χ0n) is 22.0. The standard InChI is InChI=1S/C30H28F3N3O4/c1-3-39-29(38)27-21(14-8-16-40-24-15-6-10-18-9-4-5-11-19(18)24)20-12-7-13-22(26(20)34-27)25-23(17-37)36(2)35-28(25)30(31,32)33/h4-7,9-13,15,34,37H,3,8,14,16-17H2,1-2H3. The van der Waals surface area contributed by atoms with Gasteiger partial charge in [0.25, 0.3) is 0 Å². The van der Waals surface area contributed by atoms with Crippen LogP contribution >= 0.6 is 0 Å². The fourth-order valence-corrected chi connectivity index (χ4v) is 5.09. The first-order valence-corrected chi connectivity index (χ1v) is 12.9.